The number of benzene rings is 2. The van der Waals surface area contributed by atoms with E-state index in [1.54, 1.807) is 16.3 Å². The number of hydrogen-bond donors (Lipinski definition) is 2. The van der Waals surface area contributed by atoms with Crippen molar-refractivity contribution in [2.75, 3.05) is 5.32 Å². The van der Waals surface area contributed by atoms with Gasteiger partial charge in [0, 0.05) is 15.8 Å². The van der Waals surface area contributed by atoms with Gasteiger partial charge in [-0.2, -0.15) is 0 Å². The fraction of sp³-hybridized carbons (Fsp3) is 0.250. The van der Waals surface area contributed by atoms with E-state index in [1.165, 1.54) is 11.8 Å². The second kappa shape index (κ2) is 8.28. The summed E-state index contributed by atoms with van der Waals surface area (Å²) in [4.78, 5) is 26.8. The molecule has 8 heteroatoms. The smallest absolute Gasteiger partial charge is 0.324 e. The number of thioether (sulfide) groups is 1. The number of anilines is 1. The van der Waals surface area contributed by atoms with Crippen LogP contribution in [0.3, 0.4) is 0 Å². The van der Waals surface area contributed by atoms with E-state index in [-0.39, 0.29) is 22.9 Å². The Bertz CT molecular complexity index is 1030. The molecule has 1 aromatic heterocycles. The zero-order valence-electron chi connectivity index (χ0n) is 15.3. The number of aromatic nitrogens is 3. The minimum Gasteiger partial charge on any atom is -0.324 e. The molecule has 1 heterocycles. The standard InChI is InChI=1S/C20H20N4O2S2/c1-13(27-20-23-22-19(26)24(20)14-11-12-14)18(25)21-16-9-5-6-10-17(16)28-15-7-3-2-4-8-15/h2-10,13-14H,11-12H2,1H3,(H,21,25)(H,22,26)/t13-/m0/s1. The van der Waals surface area contributed by atoms with Crippen molar-refractivity contribution in [1.29, 1.82) is 0 Å². The Hall–Kier alpha value is -2.45. The molecule has 2 aromatic carbocycles. The lowest BCUT2D eigenvalue weighted by atomic mass is 10.3. The van der Waals surface area contributed by atoms with Crippen molar-refractivity contribution in [1.82, 2.24) is 14.8 Å². The van der Waals surface area contributed by atoms with Crippen molar-refractivity contribution >= 4 is 35.1 Å². The molecular weight excluding hydrogens is 392 g/mol. The van der Waals surface area contributed by atoms with Gasteiger partial charge in [0.2, 0.25) is 5.91 Å². The van der Waals surface area contributed by atoms with Gasteiger partial charge in [0.15, 0.2) is 5.16 Å². The number of carbonyl (C=O) groups excluding carboxylic acids is 1. The minimum absolute atomic E-state index is 0.121. The van der Waals surface area contributed by atoms with E-state index < -0.39 is 0 Å². The Kier molecular flexibility index (Phi) is 5.59. The van der Waals surface area contributed by atoms with Gasteiger partial charge in [0.25, 0.3) is 0 Å². The quantitative estimate of drug-likeness (QED) is 0.569. The third kappa shape index (κ3) is 4.34. The minimum atomic E-state index is -0.387. The van der Waals surface area contributed by atoms with Crippen molar-refractivity contribution in [2.24, 2.45) is 0 Å². The third-order valence-electron chi connectivity index (χ3n) is 4.35. The summed E-state index contributed by atoms with van der Waals surface area (Å²) in [5.41, 5.74) is 0.567. The maximum absolute atomic E-state index is 12.8. The van der Waals surface area contributed by atoms with Crippen LogP contribution in [0.1, 0.15) is 25.8 Å². The van der Waals surface area contributed by atoms with E-state index in [2.05, 4.69) is 15.5 Å². The number of hydrogen-bond acceptors (Lipinski definition) is 5. The summed E-state index contributed by atoms with van der Waals surface area (Å²) in [6.45, 7) is 1.82. The molecule has 1 aliphatic rings. The fourth-order valence-corrected chi connectivity index (χ4v) is 4.60. The van der Waals surface area contributed by atoms with Gasteiger partial charge in [-0.25, -0.2) is 9.89 Å². The average molecular weight is 413 g/mol. The van der Waals surface area contributed by atoms with Gasteiger partial charge in [-0.1, -0.05) is 53.9 Å². The molecule has 1 amide bonds. The van der Waals surface area contributed by atoms with Crippen LogP contribution in [0.2, 0.25) is 0 Å². The van der Waals surface area contributed by atoms with E-state index >= 15 is 0 Å². The molecule has 144 valence electrons. The van der Waals surface area contributed by atoms with Crippen LogP contribution in [-0.4, -0.2) is 25.9 Å². The van der Waals surface area contributed by atoms with E-state index in [9.17, 15) is 9.59 Å². The number of H-pyrrole nitrogens is 1. The first-order valence-electron chi connectivity index (χ1n) is 9.08. The predicted octanol–water partition coefficient (Wildman–Crippen LogP) is 4.18. The van der Waals surface area contributed by atoms with Crippen molar-refractivity contribution in [2.45, 2.75) is 46.0 Å². The number of nitrogens with zero attached hydrogens (tertiary/aromatic N) is 2. The van der Waals surface area contributed by atoms with Gasteiger partial charge in [-0.15, -0.1) is 5.10 Å². The molecule has 6 nitrogen and oxygen atoms in total. The average Bonchev–Trinajstić information content (AvgIpc) is 3.47. The van der Waals surface area contributed by atoms with Gasteiger partial charge in [-0.05, 0) is 44.0 Å². The summed E-state index contributed by atoms with van der Waals surface area (Å²) in [5, 5.41) is 9.78. The predicted molar refractivity (Wildman–Crippen MR) is 112 cm³/mol. The highest BCUT2D eigenvalue weighted by atomic mass is 32.2. The van der Waals surface area contributed by atoms with Crippen molar-refractivity contribution < 1.29 is 4.79 Å². The monoisotopic (exact) mass is 412 g/mol. The van der Waals surface area contributed by atoms with Gasteiger partial charge < -0.3 is 5.32 Å². The topological polar surface area (TPSA) is 79.8 Å². The SMILES string of the molecule is C[C@H](Sc1n[nH]c(=O)n1C1CC1)C(=O)Nc1ccccc1Sc1ccccc1. The molecule has 0 bridgehead atoms. The Morgan fingerprint density at radius 2 is 1.89 bits per heavy atom. The fourth-order valence-electron chi connectivity index (χ4n) is 2.75. The number of aromatic amines is 1. The number of para-hydroxylation sites is 1. The lowest BCUT2D eigenvalue weighted by Gasteiger charge is -2.14. The van der Waals surface area contributed by atoms with E-state index in [1.807, 2.05) is 61.5 Å². The van der Waals surface area contributed by atoms with E-state index in [0.29, 0.717) is 5.16 Å². The van der Waals surface area contributed by atoms with Crippen molar-refractivity contribution in [3.8, 4) is 0 Å². The maximum atomic E-state index is 12.8. The first kappa shape index (κ1) is 18.9. The first-order valence-corrected chi connectivity index (χ1v) is 10.8. The number of amides is 1. The van der Waals surface area contributed by atoms with Gasteiger partial charge in [-0.3, -0.25) is 9.36 Å². The molecule has 1 saturated carbocycles. The third-order valence-corrected chi connectivity index (χ3v) is 6.50. The van der Waals surface area contributed by atoms with Crippen LogP contribution in [0.5, 0.6) is 0 Å². The summed E-state index contributed by atoms with van der Waals surface area (Å²) in [5.74, 6) is -0.121. The largest absolute Gasteiger partial charge is 0.344 e. The Labute approximate surface area is 171 Å². The second-order valence-corrected chi connectivity index (χ2v) is 9.00. The van der Waals surface area contributed by atoms with Crippen LogP contribution < -0.4 is 11.0 Å². The number of carbonyl (C=O) groups is 1. The first-order chi connectivity index (χ1) is 13.6. The highest BCUT2D eigenvalue weighted by molar-refractivity contribution is 8.00. The molecule has 1 aliphatic carbocycles. The highest BCUT2D eigenvalue weighted by Crippen LogP contribution is 2.37. The summed E-state index contributed by atoms with van der Waals surface area (Å²) in [7, 11) is 0. The highest BCUT2D eigenvalue weighted by Gasteiger charge is 2.30. The summed E-state index contributed by atoms with van der Waals surface area (Å²) >= 11 is 2.90. The van der Waals surface area contributed by atoms with Crippen LogP contribution in [0.4, 0.5) is 5.69 Å². The Morgan fingerprint density at radius 1 is 1.18 bits per heavy atom. The summed E-state index contributed by atoms with van der Waals surface area (Å²) in [6.07, 6.45) is 1.97. The Morgan fingerprint density at radius 3 is 2.64 bits per heavy atom. The zero-order valence-corrected chi connectivity index (χ0v) is 16.9. The Balaban J connectivity index is 1.46. The number of rotatable bonds is 7. The molecular formula is C20H20N4O2S2. The molecule has 1 atom stereocenters. The number of nitrogens with one attached hydrogen (secondary N) is 2. The lowest BCUT2D eigenvalue weighted by Crippen LogP contribution is -2.24. The van der Waals surface area contributed by atoms with E-state index in [0.717, 1.165) is 28.3 Å². The molecule has 2 N–H and O–H groups in total. The van der Waals surface area contributed by atoms with Crippen LogP contribution in [0, 0.1) is 0 Å². The molecule has 3 aromatic rings. The molecule has 0 unspecified atom stereocenters. The van der Waals surface area contributed by atoms with E-state index in [4.69, 9.17) is 0 Å². The second-order valence-electron chi connectivity index (χ2n) is 6.57. The van der Waals surface area contributed by atoms with Crippen LogP contribution >= 0.6 is 23.5 Å². The normalized spacial score (nSPS) is 14.6. The van der Waals surface area contributed by atoms with Gasteiger partial charge in [0.1, 0.15) is 0 Å². The molecule has 4 rings (SSSR count). The van der Waals surface area contributed by atoms with Crippen LogP contribution in [-0.2, 0) is 4.79 Å². The summed E-state index contributed by atoms with van der Waals surface area (Å²) in [6, 6.07) is 18.0. The maximum Gasteiger partial charge on any atom is 0.344 e. The van der Waals surface area contributed by atoms with Crippen LogP contribution in [0.15, 0.2) is 74.3 Å². The molecule has 1 fully saturated rings. The van der Waals surface area contributed by atoms with Crippen molar-refractivity contribution in [3.05, 3.63) is 65.1 Å². The molecule has 0 aliphatic heterocycles. The van der Waals surface area contributed by atoms with Crippen LogP contribution in [0.25, 0.3) is 0 Å². The lowest BCUT2D eigenvalue weighted by molar-refractivity contribution is -0.115. The van der Waals surface area contributed by atoms with Crippen molar-refractivity contribution in [3.63, 3.8) is 0 Å². The molecule has 0 spiro atoms. The van der Waals surface area contributed by atoms with Gasteiger partial charge >= 0.3 is 5.69 Å². The zero-order chi connectivity index (χ0) is 19.5. The molecule has 0 saturated heterocycles. The van der Waals surface area contributed by atoms with Gasteiger partial charge in [0.05, 0.1) is 10.9 Å². The summed E-state index contributed by atoms with van der Waals surface area (Å²) < 4.78 is 1.66. The molecule has 28 heavy (non-hydrogen) atoms. The molecule has 0 radical (unpaired) electrons.